The quantitative estimate of drug-likeness (QED) is 0.866. The lowest BCUT2D eigenvalue weighted by Gasteiger charge is -2.34. The van der Waals surface area contributed by atoms with Crippen LogP contribution in [0.25, 0.3) is 6.08 Å². The molecule has 1 aromatic heterocycles. The van der Waals surface area contributed by atoms with Gasteiger partial charge in [0.25, 0.3) is 5.91 Å². The molecule has 0 bridgehead atoms. The number of nitrogens with zero attached hydrogens (tertiary/aromatic N) is 4. The average molecular weight is 380 g/mol. The van der Waals surface area contributed by atoms with Crippen molar-refractivity contribution in [1.82, 2.24) is 20.4 Å². The molecule has 2 heterocycles. The van der Waals surface area contributed by atoms with Crippen LogP contribution in [-0.4, -0.2) is 59.3 Å². The lowest BCUT2D eigenvalue weighted by atomic mass is 10.1. The van der Waals surface area contributed by atoms with Crippen LogP contribution in [0.1, 0.15) is 36.8 Å². The van der Waals surface area contributed by atoms with Crippen molar-refractivity contribution in [3.8, 4) is 0 Å². The van der Waals surface area contributed by atoms with E-state index in [2.05, 4.69) is 61.7 Å². The number of rotatable bonds is 5. The molecular formula is C22H29N5O. The summed E-state index contributed by atoms with van der Waals surface area (Å²) in [5.74, 6) is 0.633. The molecule has 1 amide bonds. The van der Waals surface area contributed by atoms with Gasteiger partial charge in [0.05, 0.1) is 0 Å². The highest BCUT2D eigenvalue weighted by molar-refractivity contribution is 5.92. The molecule has 1 saturated heterocycles. The van der Waals surface area contributed by atoms with Gasteiger partial charge in [0.1, 0.15) is 0 Å². The SMILES string of the molecule is CC(C)(C)NC(=O)c1ccc(N2CCN(C/C=C/c3ccccc3)CC2)nn1. The van der Waals surface area contributed by atoms with Crippen LogP contribution in [0.5, 0.6) is 0 Å². The minimum Gasteiger partial charge on any atom is -0.353 e. The van der Waals surface area contributed by atoms with E-state index in [9.17, 15) is 4.79 Å². The molecular weight excluding hydrogens is 350 g/mol. The van der Waals surface area contributed by atoms with E-state index in [4.69, 9.17) is 0 Å². The molecule has 0 atom stereocenters. The summed E-state index contributed by atoms with van der Waals surface area (Å²) in [7, 11) is 0. The topological polar surface area (TPSA) is 61.4 Å². The number of amides is 1. The van der Waals surface area contributed by atoms with E-state index < -0.39 is 0 Å². The van der Waals surface area contributed by atoms with Crippen molar-refractivity contribution in [1.29, 1.82) is 0 Å². The molecule has 3 rings (SSSR count). The summed E-state index contributed by atoms with van der Waals surface area (Å²) in [6, 6.07) is 14.0. The number of carbonyl (C=O) groups is 1. The molecule has 148 valence electrons. The third-order valence-corrected chi connectivity index (χ3v) is 4.54. The Morgan fingerprint density at radius 1 is 1.04 bits per heavy atom. The van der Waals surface area contributed by atoms with Crippen LogP contribution in [-0.2, 0) is 0 Å². The number of benzene rings is 1. The van der Waals surface area contributed by atoms with Gasteiger partial charge in [0.15, 0.2) is 11.5 Å². The highest BCUT2D eigenvalue weighted by atomic mass is 16.2. The van der Waals surface area contributed by atoms with Gasteiger partial charge in [-0.15, -0.1) is 10.2 Å². The molecule has 1 aliphatic rings. The first kappa shape index (κ1) is 20.0. The predicted octanol–water partition coefficient (Wildman–Crippen LogP) is 2.84. The van der Waals surface area contributed by atoms with Gasteiger partial charge in [-0.25, -0.2) is 0 Å². The van der Waals surface area contributed by atoms with Crippen LogP contribution in [0.3, 0.4) is 0 Å². The number of hydrogen-bond donors (Lipinski definition) is 1. The fourth-order valence-electron chi connectivity index (χ4n) is 3.08. The summed E-state index contributed by atoms with van der Waals surface area (Å²) in [5.41, 5.74) is 1.29. The largest absolute Gasteiger partial charge is 0.353 e. The molecule has 1 N–H and O–H groups in total. The molecule has 6 nitrogen and oxygen atoms in total. The van der Waals surface area contributed by atoms with E-state index in [0.717, 1.165) is 38.5 Å². The molecule has 28 heavy (non-hydrogen) atoms. The maximum atomic E-state index is 12.2. The summed E-state index contributed by atoms with van der Waals surface area (Å²) < 4.78 is 0. The highest BCUT2D eigenvalue weighted by Crippen LogP contribution is 2.13. The normalized spacial score (nSPS) is 15.8. The molecule has 0 spiro atoms. The Morgan fingerprint density at radius 3 is 2.36 bits per heavy atom. The van der Waals surface area contributed by atoms with Crippen molar-refractivity contribution in [2.75, 3.05) is 37.6 Å². The maximum absolute atomic E-state index is 12.2. The minimum atomic E-state index is -0.289. The second kappa shape index (κ2) is 8.97. The Kier molecular flexibility index (Phi) is 6.41. The molecule has 0 radical (unpaired) electrons. The van der Waals surface area contributed by atoms with Gasteiger partial charge in [-0.1, -0.05) is 42.5 Å². The van der Waals surface area contributed by atoms with Gasteiger partial charge in [-0.3, -0.25) is 9.69 Å². The van der Waals surface area contributed by atoms with E-state index in [0.29, 0.717) is 5.69 Å². The van der Waals surface area contributed by atoms with Crippen molar-refractivity contribution in [2.45, 2.75) is 26.3 Å². The number of anilines is 1. The first-order chi connectivity index (χ1) is 13.4. The van der Waals surface area contributed by atoms with Gasteiger partial charge in [-0.2, -0.15) is 0 Å². The van der Waals surface area contributed by atoms with Crippen LogP contribution in [0, 0.1) is 0 Å². The Balaban J connectivity index is 1.48. The number of aromatic nitrogens is 2. The Labute approximate surface area is 167 Å². The number of carbonyl (C=O) groups excluding carboxylic acids is 1. The molecule has 0 unspecified atom stereocenters. The van der Waals surface area contributed by atoms with Gasteiger partial charge in [-0.05, 0) is 38.5 Å². The molecule has 2 aromatic rings. The van der Waals surface area contributed by atoms with E-state index in [1.165, 1.54) is 5.56 Å². The minimum absolute atomic E-state index is 0.193. The van der Waals surface area contributed by atoms with Crippen molar-refractivity contribution in [2.24, 2.45) is 0 Å². The Hall–Kier alpha value is -2.73. The summed E-state index contributed by atoms with van der Waals surface area (Å²) in [4.78, 5) is 16.8. The monoisotopic (exact) mass is 379 g/mol. The van der Waals surface area contributed by atoms with E-state index in [1.54, 1.807) is 6.07 Å². The maximum Gasteiger partial charge on any atom is 0.272 e. The van der Waals surface area contributed by atoms with E-state index in [-0.39, 0.29) is 11.4 Å². The lowest BCUT2D eigenvalue weighted by Crippen LogP contribution is -2.46. The fraction of sp³-hybridized carbons (Fsp3) is 0.409. The summed E-state index contributed by atoms with van der Waals surface area (Å²) in [5, 5.41) is 11.3. The number of piperazine rings is 1. The van der Waals surface area contributed by atoms with Crippen LogP contribution in [0.4, 0.5) is 5.82 Å². The van der Waals surface area contributed by atoms with Crippen molar-refractivity contribution in [3.05, 3.63) is 59.8 Å². The zero-order valence-electron chi connectivity index (χ0n) is 16.9. The van der Waals surface area contributed by atoms with Crippen LogP contribution in [0.15, 0.2) is 48.5 Å². The third-order valence-electron chi connectivity index (χ3n) is 4.54. The predicted molar refractivity (Wildman–Crippen MR) is 113 cm³/mol. The third kappa shape index (κ3) is 5.89. The van der Waals surface area contributed by atoms with Gasteiger partial charge >= 0.3 is 0 Å². The van der Waals surface area contributed by atoms with Gasteiger partial charge in [0.2, 0.25) is 0 Å². The molecule has 1 fully saturated rings. The summed E-state index contributed by atoms with van der Waals surface area (Å²) in [6.45, 7) is 10.5. The number of nitrogens with one attached hydrogen (secondary N) is 1. The molecule has 1 aliphatic heterocycles. The van der Waals surface area contributed by atoms with Crippen molar-refractivity contribution in [3.63, 3.8) is 0 Å². The van der Waals surface area contributed by atoms with Crippen LogP contribution >= 0.6 is 0 Å². The smallest absolute Gasteiger partial charge is 0.272 e. The zero-order chi connectivity index (χ0) is 20.0. The second-order valence-electron chi connectivity index (χ2n) is 8.08. The zero-order valence-corrected chi connectivity index (χ0v) is 16.9. The average Bonchev–Trinajstić information content (AvgIpc) is 2.68. The van der Waals surface area contributed by atoms with E-state index >= 15 is 0 Å². The molecule has 1 aromatic carbocycles. The van der Waals surface area contributed by atoms with Crippen LogP contribution in [0.2, 0.25) is 0 Å². The molecule has 6 heteroatoms. The van der Waals surface area contributed by atoms with E-state index in [1.807, 2.05) is 32.9 Å². The Bertz CT molecular complexity index is 788. The summed E-state index contributed by atoms with van der Waals surface area (Å²) in [6.07, 6.45) is 4.38. The van der Waals surface area contributed by atoms with Crippen LogP contribution < -0.4 is 10.2 Å². The van der Waals surface area contributed by atoms with Gasteiger partial charge < -0.3 is 10.2 Å². The van der Waals surface area contributed by atoms with Gasteiger partial charge in [0, 0.05) is 38.3 Å². The van der Waals surface area contributed by atoms with Crippen molar-refractivity contribution >= 4 is 17.8 Å². The fourth-order valence-corrected chi connectivity index (χ4v) is 3.08. The second-order valence-corrected chi connectivity index (χ2v) is 8.08. The standard InChI is InChI=1S/C22H29N5O/c1-22(2,3)23-21(28)19-11-12-20(25-24-19)27-16-14-26(15-17-27)13-7-10-18-8-5-4-6-9-18/h4-12H,13-17H2,1-3H3,(H,23,28)/b10-7+. The lowest BCUT2D eigenvalue weighted by molar-refractivity contribution is 0.0913. The first-order valence-electron chi connectivity index (χ1n) is 9.76. The number of hydrogen-bond acceptors (Lipinski definition) is 5. The van der Waals surface area contributed by atoms with Crippen molar-refractivity contribution < 1.29 is 4.79 Å². The first-order valence-corrected chi connectivity index (χ1v) is 9.76. The molecule has 0 saturated carbocycles. The highest BCUT2D eigenvalue weighted by Gasteiger charge is 2.19. The Morgan fingerprint density at radius 2 is 1.75 bits per heavy atom. The summed E-state index contributed by atoms with van der Waals surface area (Å²) >= 11 is 0. The molecule has 0 aliphatic carbocycles.